The van der Waals surface area contributed by atoms with Gasteiger partial charge in [-0.2, -0.15) is 13.2 Å². The molecule has 1 N–H and O–H groups in total. The first kappa shape index (κ1) is 26.1. The van der Waals surface area contributed by atoms with Crippen molar-refractivity contribution in [3.8, 4) is 0 Å². The van der Waals surface area contributed by atoms with E-state index in [4.69, 9.17) is 0 Å². The molecule has 35 heavy (non-hydrogen) atoms. The summed E-state index contributed by atoms with van der Waals surface area (Å²) in [4.78, 5) is 31.9. The number of nitrogens with zero attached hydrogens (tertiary/aromatic N) is 5. The van der Waals surface area contributed by atoms with Crippen LogP contribution in [0.5, 0.6) is 0 Å². The molecule has 0 spiro atoms. The third-order valence-corrected chi connectivity index (χ3v) is 5.40. The number of halogens is 3. The lowest BCUT2D eigenvalue weighted by molar-refractivity contribution is -0.125. The second-order valence-electron chi connectivity index (χ2n) is 8.27. The molecule has 1 aromatic rings. The van der Waals surface area contributed by atoms with Crippen molar-refractivity contribution < 1.29 is 18.0 Å². The lowest BCUT2D eigenvalue weighted by Gasteiger charge is -2.31. The van der Waals surface area contributed by atoms with Crippen molar-refractivity contribution in [3.63, 3.8) is 0 Å². The minimum absolute atomic E-state index is 0.169. The number of piperidine rings is 1. The molecule has 3 rings (SSSR count). The average Bonchev–Trinajstić information content (AvgIpc) is 3.08. The fourth-order valence-electron chi connectivity index (χ4n) is 3.69. The van der Waals surface area contributed by atoms with Gasteiger partial charge in [-0.25, -0.2) is 9.97 Å². The smallest absolute Gasteiger partial charge is 0.350 e. The van der Waals surface area contributed by atoms with Crippen LogP contribution in [0, 0.1) is 0 Å². The van der Waals surface area contributed by atoms with Crippen molar-refractivity contribution in [1.29, 1.82) is 0 Å². The van der Waals surface area contributed by atoms with Crippen molar-refractivity contribution in [2.75, 3.05) is 13.1 Å². The molecule has 1 atom stereocenters. The number of hydrogen-bond acceptors (Lipinski definition) is 5. The Balaban J connectivity index is 1.57. The van der Waals surface area contributed by atoms with Crippen molar-refractivity contribution in [2.45, 2.75) is 51.7 Å². The summed E-state index contributed by atoms with van der Waals surface area (Å²) in [5.41, 5.74) is 0.318. The standard InChI is InChI=1S/C25H29F3N6O/c1-18(8-3-4-11-22-29-13-7-14-30-22)32-19(2)24(35)34-15-6-10-21(17-34)33-23-12-5-9-20(16-31-23)25(26,27)28/h3-5,7-9,13-14,16,21H,6,10-12,15,17H2,1-2H3,(H,31,33)/b4-3+,18-8-,32-19?/t21-/m1/s1. The van der Waals surface area contributed by atoms with Gasteiger partial charge >= 0.3 is 6.18 Å². The van der Waals surface area contributed by atoms with Gasteiger partial charge in [0.2, 0.25) is 0 Å². The molecule has 0 radical (unpaired) electrons. The number of amidine groups is 1. The van der Waals surface area contributed by atoms with E-state index in [-0.39, 0.29) is 18.4 Å². The number of rotatable bonds is 6. The fourth-order valence-corrected chi connectivity index (χ4v) is 3.69. The van der Waals surface area contributed by atoms with Gasteiger partial charge in [0.25, 0.3) is 5.91 Å². The Bertz CT molecular complexity index is 1070. The molecule has 1 amide bonds. The first-order valence-corrected chi connectivity index (χ1v) is 11.4. The number of allylic oxidation sites excluding steroid dienone is 6. The molecule has 0 bridgehead atoms. The van der Waals surface area contributed by atoms with E-state index in [1.54, 1.807) is 30.3 Å². The van der Waals surface area contributed by atoms with Crippen LogP contribution in [-0.2, 0) is 11.2 Å². The van der Waals surface area contributed by atoms with E-state index < -0.39 is 11.7 Å². The molecule has 3 heterocycles. The molecule has 10 heteroatoms. The molecular weight excluding hydrogens is 457 g/mol. The molecule has 1 aromatic heterocycles. The normalized spacial score (nSPS) is 21.2. The van der Waals surface area contributed by atoms with Gasteiger partial charge in [-0.1, -0.05) is 24.3 Å². The summed E-state index contributed by atoms with van der Waals surface area (Å²) in [5, 5.41) is 2.67. The van der Waals surface area contributed by atoms with E-state index in [0.29, 0.717) is 36.8 Å². The maximum absolute atomic E-state index is 12.9. The van der Waals surface area contributed by atoms with Crippen LogP contribution >= 0.6 is 0 Å². The maximum atomic E-state index is 12.9. The predicted octanol–water partition coefficient (Wildman–Crippen LogP) is 4.33. The minimum atomic E-state index is -4.41. The maximum Gasteiger partial charge on any atom is 0.417 e. The number of nitrogens with one attached hydrogen (secondary N) is 1. The highest BCUT2D eigenvalue weighted by Crippen LogP contribution is 2.27. The highest BCUT2D eigenvalue weighted by Gasteiger charge is 2.32. The van der Waals surface area contributed by atoms with Crippen LogP contribution in [0.1, 0.15) is 38.9 Å². The number of aromatic nitrogens is 2. The van der Waals surface area contributed by atoms with E-state index in [1.807, 2.05) is 25.2 Å². The number of hydrogen-bond donors (Lipinski definition) is 1. The predicted molar refractivity (Wildman–Crippen MR) is 130 cm³/mol. The fraction of sp³-hybridized carbons (Fsp3) is 0.400. The van der Waals surface area contributed by atoms with Gasteiger partial charge in [0.05, 0.1) is 11.6 Å². The SMILES string of the molecule is CC(=N/C(C)=C\C=C\Cc1ncccn1)C(=O)N1CCC[C@@H](N=C2CC=CC(C(F)(F)F)=CN2)C1. The molecule has 7 nitrogen and oxygen atoms in total. The molecule has 0 aromatic carbocycles. The largest absolute Gasteiger partial charge is 0.417 e. The van der Waals surface area contributed by atoms with Crippen molar-refractivity contribution in [2.24, 2.45) is 9.98 Å². The lowest BCUT2D eigenvalue weighted by atomic mass is 10.1. The Kier molecular flexibility index (Phi) is 9.11. The van der Waals surface area contributed by atoms with Crippen LogP contribution in [-0.4, -0.2) is 57.6 Å². The third-order valence-electron chi connectivity index (χ3n) is 5.40. The van der Waals surface area contributed by atoms with Gasteiger partial charge in [0.1, 0.15) is 17.4 Å². The first-order valence-electron chi connectivity index (χ1n) is 11.4. The van der Waals surface area contributed by atoms with Gasteiger partial charge in [-0.15, -0.1) is 0 Å². The topological polar surface area (TPSA) is 82.8 Å². The van der Waals surface area contributed by atoms with Crippen molar-refractivity contribution >= 4 is 17.5 Å². The minimum Gasteiger partial charge on any atom is -0.350 e. The van der Waals surface area contributed by atoms with Gasteiger partial charge in [-0.3, -0.25) is 14.8 Å². The quantitative estimate of drug-likeness (QED) is 0.480. The highest BCUT2D eigenvalue weighted by molar-refractivity contribution is 6.38. The van der Waals surface area contributed by atoms with Crippen LogP contribution in [0.15, 0.2) is 76.3 Å². The van der Waals surface area contributed by atoms with E-state index >= 15 is 0 Å². The molecule has 0 unspecified atom stereocenters. The summed E-state index contributed by atoms with van der Waals surface area (Å²) in [6.07, 6.45) is 10.4. The highest BCUT2D eigenvalue weighted by atomic mass is 19.4. The zero-order valence-electron chi connectivity index (χ0n) is 19.8. The van der Waals surface area contributed by atoms with Crippen LogP contribution in [0.2, 0.25) is 0 Å². The van der Waals surface area contributed by atoms with Crippen molar-refractivity contribution in [1.82, 2.24) is 20.2 Å². The summed E-state index contributed by atoms with van der Waals surface area (Å²) in [5.74, 6) is 1.01. The molecular formula is C25H29F3N6O. The Labute approximate surface area is 203 Å². The van der Waals surface area contributed by atoms with E-state index in [9.17, 15) is 18.0 Å². The molecule has 186 valence electrons. The molecule has 1 saturated heterocycles. The Morgan fingerprint density at radius 1 is 1.29 bits per heavy atom. The van der Waals surface area contributed by atoms with E-state index in [1.165, 1.54) is 6.08 Å². The Morgan fingerprint density at radius 2 is 2.06 bits per heavy atom. The summed E-state index contributed by atoms with van der Waals surface area (Å²) in [6, 6.07) is 1.58. The van der Waals surface area contributed by atoms with Gasteiger partial charge in [0, 0.05) is 50.2 Å². The van der Waals surface area contributed by atoms with Crippen LogP contribution in [0.4, 0.5) is 13.2 Å². The number of likely N-dealkylation sites (tertiary alicyclic amines) is 1. The summed E-state index contributed by atoms with van der Waals surface area (Å²) >= 11 is 0. The lowest BCUT2D eigenvalue weighted by Crippen LogP contribution is -2.44. The molecule has 1 fully saturated rings. The number of carbonyl (C=O) groups excluding carboxylic acids is 1. The summed E-state index contributed by atoms with van der Waals surface area (Å²) in [6.45, 7) is 4.49. The van der Waals surface area contributed by atoms with Crippen LogP contribution in [0.25, 0.3) is 0 Å². The van der Waals surface area contributed by atoms with E-state index in [2.05, 4.69) is 25.3 Å². The number of amides is 1. The van der Waals surface area contributed by atoms with E-state index in [0.717, 1.165) is 30.9 Å². The molecule has 2 aliphatic heterocycles. The second kappa shape index (κ2) is 12.2. The van der Waals surface area contributed by atoms with Gasteiger partial charge < -0.3 is 10.2 Å². The monoisotopic (exact) mass is 486 g/mol. The zero-order chi connectivity index (χ0) is 25.3. The first-order chi connectivity index (χ1) is 16.7. The number of aliphatic imine (C=N–C) groups is 2. The average molecular weight is 487 g/mol. The molecule has 0 saturated carbocycles. The third kappa shape index (κ3) is 8.31. The molecule has 0 aliphatic carbocycles. The van der Waals surface area contributed by atoms with Crippen molar-refractivity contribution in [3.05, 3.63) is 72.1 Å². The Hall–Kier alpha value is -3.56. The van der Waals surface area contributed by atoms with Gasteiger partial charge in [-0.05, 0) is 38.8 Å². The molecule has 2 aliphatic rings. The zero-order valence-corrected chi connectivity index (χ0v) is 19.8. The summed E-state index contributed by atoms with van der Waals surface area (Å²) < 4.78 is 38.7. The summed E-state index contributed by atoms with van der Waals surface area (Å²) in [7, 11) is 0. The number of carbonyl (C=O) groups is 1. The number of alkyl halides is 3. The second-order valence-corrected chi connectivity index (χ2v) is 8.27. The van der Waals surface area contributed by atoms with Gasteiger partial charge in [0.15, 0.2) is 0 Å². The van der Waals surface area contributed by atoms with Crippen LogP contribution < -0.4 is 5.32 Å². The Morgan fingerprint density at radius 3 is 2.80 bits per heavy atom. The van der Waals surface area contributed by atoms with Crippen LogP contribution in [0.3, 0.4) is 0 Å².